The maximum absolute atomic E-state index is 12.5. The number of methoxy groups -OCH3 is 1. The summed E-state index contributed by atoms with van der Waals surface area (Å²) in [5, 5.41) is 6.69. The van der Waals surface area contributed by atoms with E-state index < -0.39 is 16.1 Å². The highest BCUT2D eigenvalue weighted by Gasteiger charge is 2.33. The molecule has 158 valence electrons. The van der Waals surface area contributed by atoms with Crippen LogP contribution in [0, 0.1) is 5.92 Å². The number of nitrogens with one attached hydrogen (secondary N) is 1. The van der Waals surface area contributed by atoms with Crippen LogP contribution in [0.3, 0.4) is 0 Å². The molecular formula is C18H25N5O5S. The topological polar surface area (TPSA) is 118 Å². The van der Waals surface area contributed by atoms with Crippen molar-refractivity contribution in [3.63, 3.8) is 0 Å². The van der Waals surface area contributed by atoms with Crippen LogP contribution in [0.5, 0.6) is 5.75 Å². The van der Waals surface area contributed by atoms with Gasteiger partial charge >= 0.3 is 0 Å². The van der Waals surface area contributed by atoms with Crippen molar-refractivity contribution < 1.29 is 22.5 Å². The predicted molar refractivity (Wildman–Crippen MR) is 105 cm³/mol. The molecule has 1 aliphatic heterocycles. The molecule has 0 bridgehead atoms. The Balaban J connectivity index is 1.59. The number of carbonyl (C=O) groups excluding carboxylic acids is 1. The van der Waals surface area contributed by atoms with Crippen molar-refractivity contribution in [3.05, 3.63) is 30.2 Å². The van der Waals surface area contributed by atoms with E-state index in [0.29, 0.717) is 31.0 Å². The van der Waals surface area contributed by atoms with E-state index in [1.807, 2.05) is 18.2 Å². The fraction of sp³-hybridized carbons (Fsp3) is 0.500. The number of hydrogen-bond acceptors (Lipinski definition) is 7. The van der Waals surface area contributed by atoms with E-state index in [-0.39, 0.29) is 24.9 Å². The van der Waals surface area contributed by atoms with E-state index in [1.54, 1.807) is 13.2 Å². The summed E-state index contributed by atoms with van der Waals surface area (Å²) in [6, 6.07) is 7.25. The number of piperidine rings is 1. The number of rotatable bonds is 7. The lowest BCUT2D eigenvalue weighted by molar-refractivity contribution is -0.126. The van der Waals surface area contributed by atoms with Gasteiger partial charge in [0, 0.05) is 32.7 Å². The largest absolute Gasteiger partial charge is 0.497 e. The first-order valence-electron chi connectivity index (χ1n) is 9.23. The molecule has 1 unspecified atom stereocenters. The van der Waals surface area contributed by atoms with Crippen molar-refractivity contribution in [2.45, 2.75) is 19.4 Å². The molecule has 1 amide bonds. The zero-order valence-electron chi connectivity index (χ0n) is 16.7. The minimum absolute atomic E-state index is 0.0761. The molecule has 29 heavy (non-hydrogen) atoms. The van der Waals surface area contributed by atoms with Gasteiger partial charge in [-0.3, -0.25) is 4.79 Å². The average Bonchev–Trinajstić information content (AvgIpc) is 3.21. The number of nitrogens with zero attached hydrogens (tertiary/aromatic N) is 4. The predicted octanol–water partition coefficient (Wildman–Crippen LogP) is 0.880. The van der Waals surface area contributed by atoms with Crippen LogP contribution in [0.1, 0.15) is 18.7 Å². The summed E-state index contributed by atoms with van der Waals surface area (Å²) in [7, 11) is 1.01. The van der Waals surface area contributed by atoms with Crippen LogP contribution < -0.4 is 10.1 Å². The van der Waals surface area contributed by atoms with Crippen LogP contribution in [0.15, 0.2) is 28.8 Å². The second kappa shape index (κ2) is 8.89. The van der Waals surface area contributed by atoms with Gasteiger partial charge in [0.1, 0.15) is 5.75 Å². The highest BCUT2D eigenvalue weighted by molar-refractivity contribution is 7.86. The molecule has 1 aromatic carbocycles. The van der Waals surface area contributed by atoms with E-state index in [4.69, 9.17) is 9.26 Å². The highest BCUT2D eigenvalue weighted by atomic mass is 32.2. The second-order valence-electron chi connectivity index (χ2n) is 6.95. The SMILES string of the molecule is COc1cccc(-c2noc(CNC(=O)C3CCCN(S(=O)(=O)N(C)C)C3)n2)c1. The van der Waals surface area contributed by atoms with Gasteiger partial charge < -0.3 is 14.6 Å². The van der Waals surface area contributed by atoms with Gasteiger partial charge in [-0.2, -0.15) is 22.0 Å². The smallest absolute Gasteiger partial charge is 0.281 e. The van der Waals surface area contributed by atoms with Gasteiger partial charge in [0.25, 0.3) is 10.2 Å². The van der Waals surface area contributed by atoms with Crippen LogP contribution >= 0.6 is 0 Å². The van der Waals surface area contributed by atoms with Gasteiger partial charge in [0.05, 0.1) is 19.6 Å². The molecule has 0 spiro atoms. The average molecular weight is 423 g/mol. The van der Waals surface area contributed by atoms with Crippen LogP contribution in [0.2, 0.25) is 0 Å². The molecular weight excluding hydrogens is 398 g/mol. The Hall–Kier alpha value is -2.50. The lowest BCUT2D eigenvalue weighted by atomic mass is 9.99. The zero-order valence-corrected chi connectivity index (χ0v) is 17.5. The van der Waals surface area contributed by atoms with E-state index in [2.05, 4.69) is 15.5 Å². The van der Waals surface area contributed by atoms with Crippen LogP contribution in [0.25, 0.3) is 11.4 Å². The molecule has 0 saturated carbocycles. The summed E-state index contributed by atoms with van der Waals surface area (Å²) < 4.78 is 37.5. The van der Waals surface area contributed by atoms with Gasteiger partial charge in [0.15, 0.2) is 0 Å². The molecule has 1 N–H and O–H groups in total. The van der Waals surface area contributed by atoms with Crippen LogP contribution in [-0.4, -0.2) is 67.4 Å². The number of aromatic nitrogens is 2. The highest BCUT2D eigenvalue weighted by Crippen LogP contribution is 2.22. The van der Waals surface area contributed by atoms with Gasteiger partial charge in [-0.05, 0) is 25.0 Å². The Bertz CT molecular complexity index is 959. The zero-order chi connectivity index (χ0) is 21.0. The summed E-state index contributed by atoms with van der Waals surface area (Å²) in [6.07, 6.45) is 1.26. The minimum atomic E-state index is -3.53. The Morgan fingerprint density at radius 3 is 2.93 bits per heavy atom. The molecule has 1 saturated heterocycles. The van der Waals surface area contributed by atoms with Crippen molar-refractivity contribution in [2.75, 3.05) is 34.3 Å². The molecule has 0 aliphatic carbocycles. The maximum Gasteiger partial charge on any atom is 0.281 e. The molecule has 1 fully saturated rings. The first-order chi connectivity index (χ1) is 13.8. The monoisotopic (exact) mass is 423 g/mol. The van der Waals surface area contributed by atoms with E-state index in [1.165, 1.54) is 18.4 Å². The van der Waals surface area contributed by atoms with Crippen molar-refractivity contribution in [1.82, 2.24) is 24.1 Å². The van der Waals surface area contributed by atoms with Crippen LogP contribution in [0.4, 0.5) is 0 Å². The standard InChI is InChI=1S/C18H25N5O5S/c1-22(2)29(25,26)23-9-5-7-14(12-23)18(24)19-11-16-20-17(21-28-16)13-6-4-8-15(10-13)27-3/h4,6,8,10,14H,5,7,9,11-12H2,1-3H3,(H,19,24). The Kier molecular flexibility index (Phi) is 6.50. The Morgan fingerprint density at radius 1 is 1.41 bits per heavy atom. The molecule has 1 aliphatic rings. The van der Waals surface area contributed by atoms with Crippen molar-refractivity contribution in [2.24, 2.45) is 5.92 Å². The number of hydrogen-bond donors (Lipinski definition) is 1. The van der Waals surface area contributed by atoms with Gasteiger partial charge in [-0.1, -0.05) is 17.3 Å². The molecule has 2 heterocycles. The fourth-order valence-electron chi connectivity index (χ4n) is 3.11. The van der Waals surface area contributed by atoms with E-state index in [9.17, 15) is 13.2 Å². The summed E-state index contributed by atoms with van der Waals surface area (Å²) in [5.41, 5.74) is 0.738. The molecule has 10 nitrogen and oxygen atoms in total. The molecule has 11 heteroatoms. The summed E-state index contributed by atoms with van der Waals surface area (Å²) in [5.74, 6) is 0.694. The first-order valence-corrected chi connectivity index (χ1v) is 10.6. The second-order valence-corrected chi connectivity index (χ2v) is 9.09. The third-order valence-electron chi connectivity index (χ3n) is 4.75. The molecule has 0 radical (unpaired) electrons. The summed E-state index contributed by atoms with van der Waals surface area (Å²) in [6.45, 7) is 0.649. The van der Waals surface area contributed by atoms with E-state index >= 15 is 0 Å². The minimum Gasteiger partial charge on any atom is -0.497 e. The van der Waals surface area contributed by atoms with Crippen molar-refractivity contribution in [1.29, 1.82) is 0 Å². The number of ether oxygens (including phenoxy) is 1. The normalized spacial score (nSPS) is 18.0. The molecule has 1 aromatic heterocycles. The fourth-order valence-corrected chi connectivity index (χ4v) is 4.30. The van der Waals surface area contributed by atoms with Gasteiger partial charge in [-0.15, -0.1) is 0 Å². The summed E-state index contributed by atoms with van der Waals surface area (Å²) in [4.78, 5) is 16.8. The molecule has 1 atom stereocenters. The quantitative estimate of drug-likeness (QED) is 0.702. The Morgan fingerprint density at radius 2 is 2.21 bits per heavy atom. The van der Waals surface area contributed by atoms with Crippen molar-refractivity contribution in [3.8, 4) is 17.1 Å². The maximum atomic E-state index is 12.5. The first kappa shape index (κ1) is 21.2. The lowest BCUT2D eigenvalue weighted by Crippen LogP contribution is -2.48. The number of amides is 1. The molecule has 3 rings (SSSR count). The molecule has 2 aromatic rings. The lowest BCUT2D eigenvalue weighted by Gasteiger charge is -2.32. The third-order valence-corrected chi connectivity index (χ3v) is 6.66. The third kappa shape index (κ3) is 4.92. The summed E-state index contributed by atoms with van der Waals surface area (Å²) >= 11 is 0. The van der Waals surface area contributed by atoms with Crippen molar-refractivity contribution >= 4 is 16.1 Å². The van der Waals surface area contributed by atoms with Gasteiger partial charge in [-0.25, -0.2) is 0 Å². The number of carbonyl (C=O) groups is 1. The Labute approximate surface area is 170 Å². The number of benzene rings is 1. The van der Waals surface area contributed by atoms with Gasteiger partial charge in [0.2, 0.25) is 17.6 Å². The van der Waals surface area contributed by atoms with E-state index in [0.717, 1.165) is 9.87 Å². The van der Waals surface area contributed by atoms with Crippen LogP contribution in [-0.2, 0) is 21.5 Å².